The van der Waals surface area contributed by atoms with Gasteiger partial charge in [-0.05, 0) is 25.5 Å². The fourth-order valence-corrected chi connectivity index (χ4v) is 2.04. The number of anilines is 1. The lowest BCUT2D eigenvalue weighted by molar-refractivity contribution is -0.387. The number of hydrogen-bond donors (Lipinski definition) is 2. The third kappa shape index (κ3) is 3.25. The Bertz CT molecular complexity index is 501. The van der Waals surface area contributed by atoms with Gasteiger partial charge in [-0.1, -0.05) is 6.42 Å². The molecule has 6 nitrogen and oxygen atoms in total. The third-order valence-electron chi connectivity index (χ3n) is 3.04. The first-order chi connectivity index (χ1) is 9.08. The number of nitrogens with zero attached hydrogens (tertiary/aromatic N) is 1. The van der Waals surface area contributed by atoms with Crippen LogP contribution in [0.4, 0.5) is 15.8 Å². The molecule has 1 aromatic rings. The smallest absolute Gasteiger partial charge is 0.304 e. The Morgan fingerprint density at radius 3 is 2.84 bits per heavy atom. The molecule has 1 aliphatic heterocycles. The van der Waals surface area contributed by atoms with E-state index in [1.165, 1.54) is 6.07 Å². The minimum atomic E-state index is -0.959. The van der Waals surface area contributed by atoms with Crippen molar-refractivity contribution in [2.45, 2.75) is 25.3 Å². The zero-order valence-electron chi connectivity index (χ0n) is 10.2. The first-order valence-electron chi connectivity index (χ1n) is 6.06. The third-order valence-corrected chi connectivity index (χ3v) is 3.04. The molecule has 1 atom stereocenters. The lowest BCUT2D eigenvalue weighted by Gasteiger charge is -2.22. The van der Waals surface area contributed by atoms with Crippen LogP contribution in [-0.2, 0) is 4.79 Å². The van der Waals surface area contributed by atoms with Crippen LogP contribution in [0.25, 0.3) is 0 Å². The number of nitro benzene ring substituents is 1. The summed E-state index contributed by atoms with van der Waals surface area (Å²) in [5.74, 6) is -1.20. The van der Waals surface area contributed by atoms with E-state index >= 15 is 0 Å². The zero-order chi connectivity index (χ0) is 13.8. The maximum atomic E-state index is 13.4. The van der Waals surface area contributed by atoms with Gasteiger partial charge in [0.25, 0.3) is 0 Å². The maximum absolute atomic E-state index is 13.4. The molecule has 1 saturated heterocycles. The maximum Gasteiger partial charge on any atom is 0.304 e. The molecular formula is C12H14FN3O3. The molecule has 0 aromatic heterocycles. The monoisotopic (exact) mass is 267 g/mol. The van der Waals surface area contributed by atoms with Gasteiger partial charge < -0.3 is 10.6 Å². The van der Waals surface area contributed by atoms with Gasteiger partial charge in [0.05, 0.1) is 11.0 Å². The van der Waals surface area contributed by atoms with Crippen LogP contribution in [0, 0.1) is 15.9 Å². The normalized spacial score (nSPS) is 18.9. The van der Waals surface area contributed by atoms with Gasteiger partial charge in [0.15, 0.2) is 0 Å². The van der Waals surface area contributed by atoms with E-state index in [2.05, 4.69) is 10.6 Å². The summed E-state index contributed by atoms with van der Waals surface area (Å²) in [5.41, 5.74) is -0.380. The fraction of sp³-hybridized carbons (Fsp3) is 0.417. The molecule has 7 heteroatoms. The number of carbonyl (C=O) groups excluding carboxylic acids is 1. The van der Waals surface area contributed by atoms with E-state index in [-0.39, 0.29) is 17.6 Å². The largest absolute Gasteiger partial charge is 0.325 e. The quantitative estimate of drug-likeness (QED) is 0.646. The molecule has 1 fully saturated rings. The highest BCUT2D eigenvalue weighted by Crippen LogP contribution is 2.21. The average molecular weight is 267 g/mol. The summed E-state index contributed by atoms with van der Waals surface area (Å²) in [6.45, 7) is 0.784. The summed E-state index contributed by atoms with van der Waals surface area (Å²) in [6, 6.07) is 3.03. The molecule has 102 valence electrons. The van der Waals surface area contributed by atoms with Crippen molar-refractivity contribution in [3.63, 3.8) is 0 Å². The second kappa shape index (κ2) is 5.75. The van der Waals surface area contributed by atoms with E-state index in [9.17, 15) is 19.3 Å². The van der Waals surface area contributed by atoms with Crippen LogP contribution in [-0.4, -0.2) is 23.4 Å². The van der Waals surface area contributed by atoms with Crippen LogP contribution in [0.2, 0.25) is 0 Å². The van der Waals surface area contributed by atoms with Crippen molar-refractivity contribution >= 4 is 17.3 Å². The first kappa shape index (κ1) is 13.4. The molecule has 1 aliphatic rings. The van der Waals surface area contributed by atoms with Crippen molar-refractivity contribution in [2.75, 3.05) is 11.9 Å². The number of hydrogen-bond acceptors (Lipinski definition) is 4. The molecule has 1 aromatic carbocycles. The van der Waals surface area contributed by atoms with Gasteiger partial charge in [0.1, 0.15) is 0 Å². The Morgan fingerprint density at radius 2 is 2.26 bits per heavy atom. The number of nitro groups is 1. The molecule has 1 heterocycles. The van der Waals surface area contributed by atoms with Crippen molar-refractivity contribution in [2.24, 2.45) is 0 Å². The van der Waals surface area contributed by atoms with Gasteiger partial charge in [-0.15, -0.1) is 0 Å². The van der Waals surface area contributed by atoms with E-state index in [4.69, 9.17) is 0 Å². The van der Waals surface area contributed by atoms with Gasteiger partial charge in [-0.3, -0.25) is 14.9 Å². The predicted molar refractivity (Wildman–Crippen MR) is 67.3 cm³/mol. The van der Waals surface area contributed by atoms with E-state index in [0.29, 0.717) is 0 Å². The molecule has 2 rings (SSSR count). The number of carbonyl (C=O) groups is 1. The summed E-state index contributed by atoms with van der Waals surface area (Å²) in [7, 11) is 0. The summed E-state index contributed by atoms with van der Waals surface area (Å²) in [6.07, 6.45) is 2.75. The van der Waals surface area contributed by atoms with Crippen LogP contribution < -0.4 is 10.6 Å². The molecule has 0 radical (unpaired) electrons. The Morgan fingerprint density at radius 1 is 1.47 bits per heavy atom. The fourth-order valence-electron chi connectivity index (χ4n) is 2.04. The average Bonchev–Trinajstić information content (AvgIpc) is 2.39. The molecule has 0 spiro atoms. The van der Waals surface area contributed by atoms with Gasteiger partial charge in [-0.2, -0.15) is 4.39 Å². The van der Waals surface area contributed by atoms with Gasteiger partial charge in [0.2, 0.25) is 11.7 Å². The summed E-state index contributed by atoms with van der Waals surface area (Å²) < 4.78 is 13.4. The Labute approximate surface area is 109 Å². The van der Waals surface area contributed by atoms with Crippen LogP contribution in [0.3, 0.4) is 0 Å². The number of rotatable bonds is 3. The van der Waals surface area contributed by atoms with Crippen molar-refractivity contribution in [3.8, 4) is 0 Å². The van der Waals surface area contributed by atoms with Crippen molar-refractivity contribution in [1.82, 2.24) is 5.32 Å². The van der Waals surface area contributed by atoms with Crippen LogP contribution in [0.15, 0.2) is 18.2 Å². The highest BCUT2D eigenvalue weighted by molar-refractivity contribution is 5.95. The SMILES string of the molecule is O=C(Nc1ccc([N+](=O)[O-])c(F)c1)C1CCCCN1. The van der Waals surface area contributed by atoms with Crippen molar-refractivity contribution in [1.29, 1.82) is 0 Å². The van der Waals surface area contributed by atoms with E-state index < -0.39 is 16.4 Å². The first-order valence-corrected chi connectivity index (χ1v) is 6.06. The molecular weight excluding hydrogens is 253 g/mol. The highest BCUT2D eigenvalue weighted by atomic mass is 19.1. The Balaban J connectivity index is 2.04. The van der Waals surface area contributed by atoms with Gasteiger partial charge >= 0.3 is 5.69 Å². The summed E-state index contributed by atoms with van der Waals surface area (Å²) in [5, 5.41) is 16.1. The van der Waals surface area contributed by atoms with E-state index in [1.807, 2.05) is 0 Å². The van der Waals surface area contributed by atoms with Gasteiger partial charge in [0, 0.05) is 17.8 Å². The van der Waals surface area contributed by atoms with Crippen molar-refractivity contribution in [3.05, 3.63) is 34.1 Å². The molecule has 19 heavy (non-hydrogen) atoms. The molecule has 0 saturated carbocycles. The number of piperidine rings is 1. The predicted octanol–water partition coefficient (Wildman–Crippen LogP) is 1.81. The molecule has 1 unspecified atom stereocenters. The lowest BCUT2D eigenvalue weighted by atomic mass is 10.0. The number of halogens is 1. The minimum Gasteiger partial charge on any atom is -0.325 e. The lowest BCUT2D eigenvalue weighted by Crippen LogP contribution is -2.43. The number of benzene rings is 1. The summed E-state index contributed by atoms with van der Waals surface area (Å²) in [4.78, 5) is 21.5. The highest BCUT2D eigenvalue weighted by Gasteiger charge is 2.21. The number of amides is 1. The summed E-state index contributed by atoms with van der Waals surface area (Å²) >= 11 is 0. The molecule has 0 bridgehead atoms. The van der Waals surface area contributed by atoms with Crippen LogP contribution >= 0.6 is 0 Å². The Hall–Kier alpha value is -2.02. The standard InChI is InChI=1S/C12H14FN3O3/c13-9-7-8(4-5-11(9)16(18)19)15-12(17)10-3-1-2-6-14-10/h4-5,7,10,14H,1-3,6H2,(H,15,17). The topological polar surface area (TPSA) is 84.3 Å². The van der Waals surface area contributed by atoms with E-state index in [0.717, 1.165) is 37.9 Å². The van der Waals surface area contributed by atoms with Crippen LogP contribution in [0.1, 0.15) is 19.3 Å². The zero-order valence-corrected chi connectivity index (χ0v) is 10.2. The molecule has 0 aliphatic carbocycles. The van der Waals surface area contributed by atoms with E-state index in [1.54, 1.807) is 0 Å². The van der Waals surface area contributed by atoms with Crippen molar-refractivity contribution < 1.29 is 14.1 Å². The second-order valence-corrected chi connectivity index (χ2v) is 4.42. The Kier molecular flexibility index (Phi) is 4.06. The molecule has 1 amide bonds. The number of nitrogens with one attached hydrogen (secondary N) is 2. The van der Waals surface area contributed by atoms with Gasteiger partial charge in [-0.25, -0.2) is 0 Å². The second-order valence-electron chi connectivity index (χ2n) is 4.42. The van der Waals surface area contributed by atoms with Crippen LogP contribution in [0.5, 0.6) is 0 Å². The minimum absolute atomic E-state index is 0.223. The molecule has 2 N–H and O–H groups in total.